The summed E-state index contributed by atoms with van der Waals surface area (Å²) in [6.45, 7) is 4.22. The summed E-state index contributed by atoms with van der Waals surface area (Å²) in [6.07, 6.45) is 0.889. The second-order valence-corrected chi connectivity index (χ2v) is 3.84. The van der Waals surface area contributed by atoms with Crippen LogP contribution in [-0.4, -0.2) is 9.78 Å². The smallest absolute Gasteiger partial charge is 0.266 e. The van der Waals surface area contributed by atoms with Crippen molar-refractivity contribution in [2.24, 2.45) is 18.7 Å². The molecule has 0 saturated carbocycles. The van der Waals surface area contributed by atoms with Crippen LogP contribution < -0.4 is 11.3 Å². The fraction of sp³-hybridized carbons (Fsp3) is 0.667. The van der Waals surface area contributed by atoms with Crippen molar-refractivity contribution in [1.29, 1.82) is 0 Å². The highest BCUT2D eigenvalue weighted by molar-refractivity contribution is 5.04. The van der Waals surface area contributed by atoms with Gasteiger partial charge in [-0.15, -0.1) is 0 Å². The van der Waals surface area contributed by atoms with Gasteiger partial charge >= 0.3 is 0 Å². The Kier molecular flexibility index (Phi) is 2.93. The molecule has 13 heavy (non-hydrogen) atoms. The predicted octanol–water partition coefficient (Wildman–Crippen LogP) is 0.759. The quantitative estimate of drug-likeness (QED) is 0.726. The van der Waals surface area contributed by atoms with Crippen molar-refractivity contribution in [3.8, 4) is 0 Å². The molecule has 0 fully saturated rings. The first-order valence-corrected chi connectivity index (χ1v) is 4.52. The van der Waals surface area contributed by atoms with Gasteiger partial charge in [0.05, 0.1) is 5.69 Å². The minimum atomic E-state index is -0.0612. The maximum atomic E-state index is 11.1. The molecule has 0 aromatic carbocycles. The normalized spacial score (nSPS) is 13.6. The molecule has 1 rings (SSSR count). The van der Waals surface area contributed by atoms with Crippen LogP contribution >= 0.6 is 0 Å². The van der Waals surface area contributed by atoms with Crippen molar-refractivity contribution in [3.05, 3.63) is 22.1 Å². The molecule has 1 atom stereocenters. The average molecular weight is 183 g/mol. The molecule has 0 aliphatic rings. The Hall–Kier alpha value is -1.03. The lowest BCUT2D eigenvalue weighted by molar-refractivity contribution is 0.497. The minimum absolute atomic E-state index is 0.0331. The number of H-pyrrole nitrogens is 1. The summed E-state index contributed by atoms with van der Waals surface area (Å²) in [7, 11) is 1.69. The summed E-state index contributed by atoms with van der Waals surface area (Å²) in [6, 6.07) is 1.50. The van der Waals surface area contributed by atoms with Gasteiger partial charge in [-0.3, -0.25) is 14.6 Å². The highest BCUT2D eigenvalue weighted by atomic mass is 16.1. The fourth-order valence-electron chi connectivity index (χ4n) is 1.34. The number of nitrogens with one attached hydrogen (secondary N) is 1. The summed E-state index contributed by atoms with van der Waals surface area (Å²) in [5.74, 6) is 0.540. The third kappa shape index (κ3) is 2.45. The molecule has 1 heterocycles. The Balaban J connectivity index is 2.77. The van der Waals surface area contributed by atoms with Gasteiger partial charge in [-0.1, -0.05) is 13.8 Å². The van der Waals surface area contributed by atoms with Crippen LogP contribution in [0.3, 0.4) is 0 Å². The van der Waals surface area contributed by atoms with Gasteiger partial charge in [-0.25, -0.2) is 0 Å². The van der Waals surface area contributed by atoms with Crippen molar-refractivity contribution in [1.82, 2.24) is 9.78 Å². The van der Waals surface area contributed by atoms with E-state index in [1.54, 1.807) is 13.1 Å². The first kappa shape index (κ1) is 10.1. The fourth-order valence-corrected chi connectivity index (χ4v) is 1.34. The van der Waals surface area contributed by atoms with Crippen LogP contribution in [0.5, 0.6) is 0 Å². The van der Waals surface area contributed by atoms with Crippen LogP contribution in [0.2, 0.25) is 0 Å². The molecule has 0 saturated heterocycles. The zero-order valence-corrected chi connectivity index (χ0v) is 8.37. The Labute approximate surface area is 77.7 Å². The lowest BCUT2D eigenvalue weighted by Crippen LogP contribution is -2.13. The van der Waals surface area contributed by atoms with Crippen molar-refractivity contribution >= 4 is 0 Å². The number of hydrogen-bond acceptors (Lipinski definition) is 2. The third-order valence-corrected chi connectivity index (χ3v) is 2.03. The second kappa shape index (κ2) is 3.79. The SMILES string of the molecule is CC(C)C[C@@H](N)c1cc(=O)n(C)[nH]1. The third-order valence-electron chi connectivity index (χ3n) is 2.03. The summed E-state index contributed by atoms with van der Waals surface area (Å²) in [5.41, 5.74) is 6.68. The Morgan fingerprint density at radius 2 is 2.23 bits per heavy atom. The van der Waals surface area contributed by atoms with Crippen LogP contribution in [-0.2, 0) is 7.05 Å². The molecule has 0 aliphatic carbocycles. The number of aromatic nitrogens is 2. The highest BCUT2D eigenvalue weighted by Gasteiger charge is 2.10. The van der Waals surface area contributed by atoms with Gasteiger partial charge < -0.3 is 5.73 Å². The van der Waals surface area contributed by atoms with Crippen LogP contribution in [0, 0.1) is 5.92 Å². The van der Waals surface area contributed by atoms with Gasteiger partial charge in [0.25, 0.3) is 5.56 Å². The van der Waals surface area contributed by atoms with E-state index in [0.717, 1.165) is 12.1 Å². The molecule has 0 spiro atoms. The zero-order valence-electron chi connectivity index (χ0n) is 8.37. The number of nitrogens with two attached hydrogens (primary N) is 1. The topological polar surface area (TPSA) is 63.8 Å². The molecule has 0 amide bonds. The number of nitrogens with zero attached hydrogens (tertiary/aromatic N) is 1. The summed E-state index contributed by atoms with van der Waals surface area (Å²) in [5, 5.41) is 2.93. The molecule has 0 radical (unpaired) electrons. The molecule has 74 valence electrons. The first-order valence-electron chi connectivity index (χ1n) is 4.52. The number of aromatic amines is 1. The summed E-state index contributed by atoms with van der Waals surface area (Å²) in [4.78, 5) is 11.1. The summed E-state index contributed by atoms with van der Waals surface area (Å²) >= 11 is 0. The van der Waals surface area contributed by atoms with E-state index in [0.29, 0.717) is 5.92 Å². The molecule has 0 unspecified atom stereocenters. The zero-order chi connectivity index (χ0) is 10.0. The minimum Gasteiger partial charge on any atom is -0.323 e. The number of aryl methyl sites for hydroxylation is 1. The van der Waals surface area contributed by atoms with Gasteiger partial charge in [-0.05, 0) is 12.3 Å². The number of hydrogen-bond donors (Lipinski definition) is 2. The molecule has 4 heteroatoms. The van der Waals surface area contributed by atoms with E-state index in [1.165, 1.54) is 4.68 Å². The largest absolute Gasteiger partial charge is 0.323 e. The van der Waals surface area contributed by atoms with Gasteiger partial charge in [0.1, 0.15) is 0 Å². The van der Waals surface area contributed by atoms with Gasteiger partial charge in [0, 0.05) is 19.2 Å². The van der Waals surface area contributed by atoms with Crippen molar-refractivity contribution < 1.29 is 0 Å². The maximum Gasteiger partial charge on any atom is 0.266 e. The molecule has 0 aliphatic heterocycles. The monoisotopic (exact) mass is 183 g/mol. The Morgan fingerprint density at radius 3 is 2.62 bits per heavy atom. The van der Waals surface area contributed by atoms with Crippen LogP contribution in [0.1, 0.15) is 32.0 Å². The van der Waals surface area contributed by atoms with Gasteiger partial charge in [0.2, 0.25) is 0 Å². The molecule has 4 nitrogen and oxygen atoms in total. The van der Waals surface area contributed by atoms with E-state index in [-0.39, 0.29) is 11.6 Å². The number of rotatable bonds is 3. The highest BCUT2D eigenvalue weighted by Crippen LogP contribution is 2.14. The molecule has 0 bridgehead atoms. The first-order chi connectivity index (χ1) is 6.00. The van der Waals surface area contributed by atoms with E-state index in [2.05, 4.69) is 18.9 Å². The van der Waals surface area contributed by atoms with Gasteiger partial charge in [0.15, 0.2) is 0 Å². The predicted molar refractivity (Wildman–Crippen MR) is 52.4 cm³/mol. The van der Waals surface area contributed by atoms with Crippen molar-refractivity contribution in [2.75, 3.05) is 0 Å². The van der Waals surface area contributed by atoms with E-state index in [4.69, 9.17) is 5.73 Å². The van der Waals surface area contributed by atoms with E-state index < -0.39 is 0 Å². The summed E-state index contributed by atoms with van der Waals surface area (Å²) < 4.78 is 1.44. The molecular weight excluding hydrogens is 166 g/mol. The standard InChI is InChI=1S/C9H17N3O/c1-6(2)4-7(10)8-5-9(13)12(3)11-8/h5-7,11H,4,10H2,1-3H3/t7-/m1/s1. The Morgan fingerprint density at radius 1 is 1.62 bits per heavy atom. The van der Waals surface area contributed by atoms with E-state index in [1.807, 2.05) is 0 Å². The molecular formula is C9H17N3O. The van der Waals surface area contributed by atoms with E-state index >= 15 is 0 Å². The lowest BCUT2D eigenvalue weighted by Gasteiger charge is -2.11. The van der Waals surface area contributed by atoms with Crippen LogP contribution in [0.15, 0.2) is 10.9 Å². The van der Waals surface area contributed by atoms with Crippen LogP contribution in [0.4, 0.5) is 0 Å². The van der Waals surface area contributed by atoms with E-state index in [9.17, 15) is 4.79 Å². The van der Waals surface area contributed by atoms with Crippen molar-refractivity contribution in [2.45, 2.75) is 26.3 Å². The molecule has 1 aromatic heterocycles. The maximum absolute atomic E-state index is 11.1. The lowest BCUT2D eigenvalue weighted by atomic mass is 10.0. The van der Waals surface area contributed by atoms with Gasteiger partial charge in [-0.2, -0.15) is 0 Å². The molecule has 3 N–H and O–H groups in total. The average Bonchev–Trinajstić information content (AvgIpc) is 2.31. The molecule has 1 aromatic rings. The van der Waals surface area contributed by atoms with Crippen LogP contribution in [0.25, 0.3) is 0 Å². The second-order valence-electron chi connectivity index (χ2n) is 3.84. The Bertz CT molecular complexity index is 324. The van der Waals surface area contributed by atoms with Crippen molar-refractivity contribution in [3.63, 3.8) is 0 Å².